The fourth-order valence-corrected chi connectivity index (χ4v) is 4.10. The molecule has 0 aromatic heterocycles. The third kappa shape index (κ3) is 4.97. The number of rotatable bonds is 5. The minimum atomic E-state index is -6.17. The molecule has 0 heterocycles. The number of aryl methyl sites for hydroxylation is 2. The van der Waals surface area contributed by atoms with Crippen LogP contribution in [0.1, 0.15) is 33.4 Å². The average molecular weight is 534 g/mol. The van der Waals surface area contributed by atoms with Crippen molar-refractivity contribution in [3.63, 3.8) is 0 Å². The Balaban J connectivity index is 3.02. The molecule has 0 fully saturated rings. The van der Waals surface area contributed by atoms with Crippen molar-refractivity contribution in [3.8, 4) is 22.6 Å². The van der Waals surface area contributed by atoms with E-state index in [1.807, 2.05) is 0 Å². The molecule has 190 valence electrons. The standard InChI is InChI=1S/C20H20F6O6S2/c1-9-7-15(31-33(27,28)19(21,22)23)17(13(5)11(9)3)18-14(6)12(4)10(2)8-16(18)32-34(29,30)20(24,25)26/h7-8H,1-6H3. The SMILES string of the molecule is Cc1cc(OS(=O)(=O)C(F)(F)F)c(-c2c(OS(=O)(=O)C(F)(F)F)cc(C)c(C)c2C)c(C)c1C. The van der Waals surface area contributed by atoms with Crippen LogP contribution < -0.4 is 8.37 Å². The zero-order valence-electron chi connectivity index (χ0n) is 18.7. The van der Waals surface area contributed by atoms with E-state index in [2.05, 4.69) is 8.37 Å². The van der Waals surface area contributed by atoms with Crippen LogP contribution in [0.25, 0.3) is 11.1 Å². The molecule has 0 spiro atoms. The first-order chi connectivity index (χ1) is 15.1. The molecule has 0 radical (unpaired) electrons. The lowest BCUT2D eigenvalue weighted by atomic mass is 9.87. The normalized spacial score (nSPS) is 13.2. The zero-order valence-corrected chi connectivity index (χ0v) is 20.3. The van der Waals surface area contributed by atoms with Crippen LogP contribution in [0.15, 0.2) is 12.1 Å². The molecule has 14 heteroatoms. The van der Waals surface area contributed by atoms with Crippen molar-refractivity contribution < 1.29 is 51.5 Å². The van der Waals surface area contributed by atoms with Gasteiger partial charge in [0.05, 0.1) is 0 Å². The molecule has 0 bridgehead atoms. The van der Waals surface area contributed by atoms with Crippen LogP contribution in [0, 0.1) is 41.5 Å². The molecule has 0 N–H and O–H groups in total. The molecule has 0 aliphatic rings. The predicted molar refractivity (Wildman–Crippen MR) is 112 cm³/mol. The van der Waals surface area contributed by atoms with Crippen LogP contribution in [0.4, 0.5) is 26.3 Å². The first kappa shape index (κ1) is 27.8. The summed E-state index contributed by atoms with van der Waals surface area (Å²) in [5, 5.41) is 0. The van der Waals surface area contributed by atoms with E-state index in [1.165, 1.54) is 27.7 Å². The molecule has 0 unspecified atom stereocenters. The van der Waals surface area contributed by atoms with Gasteiger partial charge in [-0.25, -0.2) is 0 Å². The maximum atomic E-state index is 13.0. The van der Waals surface area contributed by atoms with Crippen LogP contribution in [-0.2, 0) is 20.2 Å². The van der Waals surface area contributed by atoms with E-state index < -0.39 is 42.8 Å². The Morgan fingerprint density at radius 3 is 1.06 bits per heavy atom. The van der Waals surface area contributed by atoms with Crippen molar-refractivity contribution >= 4 is 20.2 Å². The summed E-state index contributed by atoms with van der Waals surface area (Å²) >= 11 is 0. The number of alkyl halides is 6. The second kappa shape index (κ2) is 8.63. The van der Waals surface area contributed by atoms with Gasteiger partial charge in [0, 0.05) is 11.1 Å². The van der Waals surface area contributed by atoms with E-state index in [0.29, 0.717) is 22.3 Å². The number of benzene rings is 2. The van der Waals surface area contributed by atoms with E-state index in [4.69, 9.17) is 0 Å². The molecule has 0 saturated carbocycles. The molecule has 0 atom stereocenters. The Morgan fingerprint density at radius 2 is 0.824 bits per heavy atom. The largest absolute Gasteiger partial charge is 0.534 e. The molecule has 0 saturated heterocycles. The Kier molecular flexibility index (Phi) is 7.05. The van der Waals surface area contributed by atoms with Crippen LogP contribution in [-0.4, -0.2) is 27.9 Å². The quantitative estimate of drug-likeness (QED) is 0.280. The topological polar surface area (TPSA) is 86.7 Å². The first-order valence-corrected chi connectivity index (χ1v) is 12.2. The second-order valence-electron chi connectivity index (χ2n) is 7.60. The first-order valence-electron chi connectivity index (χ1n) is 9.36. The van der Waals surface area contributed by atoms with Crippen molar-refractivity contribution in [1.29, 1.82) is 0 Å². The molecule has 0 aliphatic carbocycles. The maximum Gasteiger partial charge on any atom is 0.534 e. The number of hydrogen-bond donors (Lipinski definition) is 0. The Labute approximate surface area is 192 Å². The molecular weight excluding hydrogens is 514 g/mol. The summed E-state index contributed by atoms with van der Waals surface area (Å²) < 4.78 is 134. The van der Waals surface area contributed by atoms with E-state index >= 15 is 0 Å². The molecule has 2 aromatic carbocycles. The molecular formula is C20H20F6O6S2. The highest BCUT2D eigenvalue weighted by atomic mass is 32.2. The van der Waals surface area contributed by atoms with E-state index in [0.717, 1.165) is 12.1 Å². The monoisotopic (exact) mass is 534 g/mol. The second-order valence-corrected chi connectivity index (χ2v) is 10.7. The minimum Gasteiger partial charge on any atom is -0.375 e. The fourth-order valence-electron chi connectivity index (χ4n) is 3.17. The molecule has 0 amide bonds. The van der Waals surface area contributed by atoms with Crippen LogP contribution in [0.3, 0.4) is 0 Å². The maximum absolute atomic E-state index is 13.0. The highest BCUT2D eigenvalue weighted by Crippen LogP contribution is 2.47. The molecule has 34 heavy (non-hydrogen) atoms. The minimum absolute atomic E-state index is 0.146. The van der Waals surface area contributed by atoms with Crippen molar-refractivity contribution in [3.05, 3.63) is 45.5 Å². The van der Waals surface area contributed by atoms with Crippen molar-refractivity contribution in [2.45, 2.75) is 52.6 Å². The molecule has 6 nitrogen and oxygen atoms in total. The van der Waals surface area contributed by atoms with E-state index in [9.17, 15) is 43.2 Å². The summed E-state index contributed by atoms with van der Waals surface area (Å²) in [6, 6.07) is 1.94. The van der Waals surface area contributed by atoms with Gasteiger partial charge in [-0.2, -0.15) is 43.2 Å². The molecule has 0 aliphatic heterocycles. The number of halogens is 6. The summed E-state index contributed by atoms with van der Waals surface area (Å²) in [4.78, 5) is 0. The fraction of sp³-hybridized carbons (Fsp3) is 0.400. The summed E-state index contributed by atoms with van der Waals surface area (Å²) in [5.74, 6) is -1.70. The highest BCUT2D eigenvalue weighted by molar-refractivity contribution is 7.88. The lowest BCUT2D eigenvalue weighted by molar-refractivity contribution is -0.0505. The molecule has 2 aromatic rings. The Morgan fingerprint density at radius 1 is 0.559 bits per heavy atom. The Hall–Kier alpha value is -2.48. The van der Waals surface area contributed by atoms with Crippen LogP contribution in [0.2, 0.25) is 0 Å². The van der Waals surface area contributed by atoms with E-state index in [1.54, 1.807) is 13.8 Å². The zero-order chi connectivity index (χ0) is 26.6. The Bertz CT molecular complexity index is 1250. The van der Waals surface area contributed by atoms with Crippen molar-refractivity contribution in [2.75, 3.05) is 0 Å². The van der Waals surface area contributed by atoms with Gasteiger partial charge in [0.15, 0.2) is 11.5 Å². The predicted octanol–water partition coefficient (Wildman–Crippen LogP) is 5.66. The average Bonchev–Trinajstić information content (AvgIpc) is 2.64. The highest BCUT2D eigenvalue weighted by Gasteiger charge is 2.50. The van der Waals surface area contributed by atoms with Gasteiger partial charge in [-0.15, -0.1) is 0 Å². The third-order valence-electron chi connectivity index (χ3n) is 5.46. The van der Waals surface area contributed by atoms with Gasteiger partial charge in [0.1, 0.15) is 0 Å². The van der Waals surface area contributed by atoms with Crippen LogP contribution >= 0.6 is 0 Å². The van der Waals surface area contributed by atoms with Crippen molar-refractivity contribution in [2.24, 2.45) is 0 Å². The lowest BCUT2D eigenvalue weighted by Gasteiger charge is -2.23. The van der Waals surface area contributed by atoms with E-state index in [-0.39, 0.29) is 22.3 Å². The van der Waals surface area contributed by atoms with Gasteiger partial charge in [-0.1, -0.05) is 0 Å². The van der Waals surface area contributed by atoms with Gasteiger partial charge in [0.2, 0.25) is 0 Å². The van der Waals surface area contributed by atoms with Gasteiger partial charge in [-0.3, -0.25) is 0 Å². The summed E-state index contributed by atoms with van der Waals surface area (Å²) in [7, 11) is -12.3. The lowest BCUT2D eigenvalue weighted by Crippen LogP contribution is -2.29. The number of hydrogen-bond acceptors (Lipinski definition) is 6. The van der Waals surface area contributed by atoms with Crippen LogP contribution in [0.5, 0.6) is 11.5 Å². The van der Waals surface area contributed by atoms with Crippen molar-refractivity contribution in [1.82, 2.24) is 0 Å². The van der Waals surface area contributed by atoms with Gasteiger partial charge < -0.3 is 8.37 Å². The molecule has 2 rings (SSSR count). The van der Waals surface area contributed by atoms with Gasteiger partial charge in [0.25, 0.3) is 0 Å². The smallest absolute Gasteiger partial charge is 0.375 e. The van der Waals surface area contributed by atoms with Gasteiger partial charge in [-0.05, 0) is 87.1 Å². The summed E-state index contributed by atoms with van der Waals surface area (Å²) in [5.41, 5.74) is -10.5. The third-order valence-corrected chi connectivity index (χ3v) is 7.39. The van der Waals surface area contributed by atoms with Gasteiger partial charge >= 0.3 is 31.3 Å². The summed E-state index contributed by atoms with van der Waals surface area (Å²) in [6.07, 6.45) is 0. The summed E-state index contributed by atoms with van der Waals surface area (Å²) in [6.45, 7) is 8.75.